The normalized spacial score (nSPS) is 40.7. The number of fused-ring (bicyclic) bond motifs is 5. The molecule has 0 amide bonds. The minimum absolute atomic E-state index is 0.304. The number of rotatable bonds is 7. The number of hydrogen-bond donors (Lipinski definition) is 0. The van der Waals surface area contributed by atoms with Crippen LogP contribution in [0.2, 0.25) is 18.1 Å². The molecule has 2 heteroatoms. The van der Waals surface area contributed by atoms with Crippen molar-refractivity contribution in [2.75, 3.05) is 0 Å². The Morgan fingerprint density at radius 3 is 2.34 bits per heavy atom. The second kappa shape index (κ2) is 9.90. The van der Waals surface area contributed by atoms with E-state index in [1.54, 1.807) is 5.57 Å². The molecule has 35 heavy (non-hydrogen) atoms. The van der Waals surface area contributed by atoms with Crippen LogP contribution >= 0.6 is 0 Å². The topological polar surface area (TPSA) is 9.23 Å². The van der Waals surface area contributed by atoms with Crippen LogP contribution in [-0.4, -0.2) is 14.4 Å². The van der Waals surface area contributed by atoms with Crippen LogP contribution in [0.4, 0.5) is 0 Å². The van der Waals surface area contributed by atoms with Gasteiger partial charge in [-0.3, -0.25) is 0 Å². The van der Waals surface area contributed by atoms with E-state index >= 15 is 0 Å². The highest BCUT2D eigenvalue weighted by Gasteiger charge is 2.59. The molecule has 0 heterocycles. The van der Waals surface area contributed by atoms with Gasteiger partial charge >= 0.3 is 0 Å². The fraction of sp³-hybridized carbons (Fsp3) is 0.939. The van der Waals surface area contributed by atoms with E-state index in [0.29, 0.717) is 22.0 Å². The Labute approximate surface area is 220 Å². The second-order valence-electron chi connectivity index (χ2n) is 16.0. The highest BCUT2D eigenvalue weighted by atomic mass is 28.4. The van der Waals surface area contributed by atoms with Gasteiger partial charge in [-0.2, -0.15) is 0 Å². The van der Waals surface area contributed by atoms with Gasteiger partial charge in [0.05, 0.1) is 0 Å². The molecule has 202 valence electrons. The van der Waals surface area contributed by atoms with Crippen LogP contribution in [-0.2, 0) is 4.43 Å². The van der Waals surface area contributed by atoms with Crippen molar-refractivity contribution in [3.63, 3.8) is 0 Å². The summed E-state index contributed by atoms with van der Waals surface area (Å²) >= 11 is 0. The molecule has 3 fully saturated rings. The summed E-state index contributed by atoms with van der Waals surface area (Å²) in [7, 11) is -1.70. The van der Waals surface area contributed by atoms with E-state index in [1.165, 1.54) is 70.6 Å². The molecule has 5 unspecified atom stereocenters. The van der Waals surface area contributed by atoms with Crippen molar-refractivity contribution >= 4 is 8.32 Å². The van der Waals surface area contributed by atoms with Crippen LogP contribution in [0, 0.1) is 46.3 Å². The maximum atomic E-state index is 6.94. The summed E-state index contributed by atoms with van der Waals surface area (Å²) in [6.07, 6.45) is 18.7. The standard InChI is InChI=1S/C33H60OSi/c1-23(2)12-11-13-24(3)28-16-17-29-27-15-14-25-22-26(34-35(9,10)31(4,5)6)18-20-32(25,7)30(27)19-21-33(28,29)8/h14,23-24,26-30H,11-13,15-22H2,1-10H3/t24?,26-,27?,28?,29?,30?,32+,33-/m1/s1. The minimum Gasteiger partial charge on any atom is -0.414 e. The van der Waals surface area contributed by atoms with Crippen LogP contribution in [0.5, 0.6) is 0 Å². The Kier molecular flexibility index (Phi) is 7.91. The molecule has 0 bridgehead atoms. The van der Waals surface area contributed by atoms with Gasteiger partial charge in [0.25, 0.3) is 0 Å². The van der Waals surface area contributed by atoms with E-state index in [-0.39, 0.29) is 0 Å². The summed E-state index contributed by atoms with van der Waals surface area (Å²) < 4.78 is 6.94. The van der Waals surface area contributed by atoms with Gasteiger partial charge < -0.3 is 4.43 Å². The van der Waals surface area contributed by atoms with E-state index in [1.807, 2.05) is 0 Å². The number of allylic oxidation sites excluding steroid dienone is 1. The molecule has 0 saturated heterocycles. The van der Waals surface area contributed by atoms with E-state index in [0.717, 1.165) is 35.5 Å². The van der Waals surface area contributed by atoms with Crippen molar-refractivity contribution in [2.24, 2.45) is 46.3 Å². The van der Waals surface area contributed by atoms with Gasteiger partial charge in [0, 0.05) is 6.10 Å². The molecule has 0 aromatic rings. The van der Waals surface area contributed by atoms with Crippen molar-refractivity contribution in [3.8, 4) is 0 Å². The highest BCUT2D eigenvalue weighted by molar-refractivity contribution is 6.74. The maximum absolute atomic E-state index is 6.94. The summed E-state index contributed by atoms with van der Waals surface area (Å²) in [4.78, 5) is 0. The Bertz CT molecular complexity index is 774. The lowest BCUT2D eigenvalue weighted by Crippen LogP contribution is -2.52. The SMILES string of the molecule is CC(C)CCCC(C)C1CCC2C3CC=C4C[C@H](O[Si](C)(C)C(C)(C)C)CC[C@]4(C)C3CC[C@]12C. The minimum atomic E-state index is -1.70. The molecule has 0 aromatic carbocycles. The van der Waals surface area contributed by atoms with Crippen molar-refractivity contribution in [1.29, 1.82) is 0 Å². The Morgan fingerprint density at radius 1 is 0.971 bits per heavy atom. The van der Waals surface area contributed by atoms with Gasteiger partial charge in [0.1, 0.15) is 0 Å². The molecule has 4 aliphatic carbocycles. The molecule has 0 aliphatic heterocycles. The lowest BCUT2D eigenvalue weighted by molar-refractivity contribution is -0.0565. The highest BCUT2D eigenvalue weighted by Crippen LogP contribution is 2.67. The molecule has 0 spiro atoms. The lowest BCUT2D eigenvalue weighted by Gasteiger charge is -2.59. The quantitative estimate of drug-likeness (QED) is 0.249. The van der Waals surface area contributed by atoms with Gasteiger partial charge in [0.2, 0.25) is 0 Å². The summed E-state index contributed by atoms with van der Waals surface area (Å²) in [5.74, 6) is 5.56. The van der Waals surface area contributed by atoms with Gasteiger partial charge in [-0.25, -0.2) is 0 Å². The molecular formula is C33H60OSi. The third-order valence-electron chi connectivity index (χ3n) is 12.5. The van der Waals surface area contributed by atoms with Crippen LogP contribution in [0.3, 0.4) is 0 Å². The third-order valence-corrected chi connectivity index (χ3v) is 17.1. The van der Waals surface area contributed by atoms with Crippen molar-refractivity contribution in [2.45, 2.75) is 150 Å². The fourth-order valence-electron chi connectivity index (χ4n) is 9.35. The van der Waals surface area contributed by atoms with Crippen LogP contribution < -0.4 is 0 Å². The zero-order chi connectivity index (χ0) is 25.8. The van der Waals surface area contributed by atoms with Crippen LogP contribution in [0.15, 0.2) is 11.6 Å². The molecule has 0 aromatic heterocycles. The average molecular weight is 501 g/mol. The molecular weight excluding hydrogens is 440 g/mol. The second-order valence-corrected chi connectivity index (χ2v) is 20.8. The summed E-state index contributed by atoms with van der Waals surface area (Å²) in [6, 6.07) is 0. The van der Waals surface area contributed by atoms with Gasteiger partial charge in [-0.15, -0.1) is 0 Å². The predicted octanol–water partition coefficient (Wildman–Crippen LogP) is 10.4. The first-order chi connectivity index (χ1) is 16.2. The Balaban J connectivity index is 1.45. The Morgan fingerprint density at radius 2 is 1.69 bits per heavy atom. The van der Waals surface area contributed by atoms with Crippen molar-refractivity contribution in [1.82, 2.24) is 0 Å². The lowest BCUT2D eigenvalue weighted by atomic mass is 9.47. The molecule has 0 radical (unpaired) electrons. The summed E-state index contributed by atoms with van der Waals surface area (Å²) in [5.41, 5.74) is 2.83. The molecule has 1 nitrogen and oxygen atoms in total. The zero-order valence-electron chi connectivity index (χ0n) is 25.3. The average Bonchev–Trinajstić information content (AvgIpc) is 3.10. The molecule has 0 N–H and O–H groups in total. The van der Waals surface area contributed by atoms with Crippen molar-refractivity contribution in [3.05, 3.63) is 11.6 Å². The molecule has 3 saturated carbocycles. The first kappa shape index (κ1) is 27.9. The zero-order valence-corrected chi connectivity index (χ0v) is 26.3. The fourth-order valence-corrected chi connectivity index (χ4v) is 10.7. The summed E-state index contributed by atoms with van der Waals surface area (Å²) in [5, 5.41) is 0.304. The van der Waals surface area contributed by atoms with Crippen molar-refractivity contribution < 1.29 is 4.43 Å². The molecule has 4 rings (SSSR count). The van der Waals surface area contributed by atoms with E-state index in [2.05, 4.69) is 74.6 Å². The first-order valence-corrected chi connectivity index (χ1v) is 18.5. The van der Waals surface area contributed by atoms with Crippen LogP contribution in [0.1, 0.15) is 126 Å². The molecule has 4 aliphatic rings. The number of hydrogen-bond acceptors (Lipinski definition) is 1. The van der Waals surface area contributed by atoms with E-state index in [9.17, 15) is 0 Å². The summed E-state index contributed by atoms with van der Waals surface area (Å²) in [6.45, 7) is 24.8. The largest absolute Gasteiger partial charge is 0.414 e. The smallest absolute Gasteiger partial charge is 0.192 e. The van der Waals surface area contributed by atoms with E-state index < -0.39 is 8.32 Å². The van der Waals surface area contributed by atoms with Gasteiger partial charge in [-0.05, 0) is 116 Å². The molecule has 8 atom stereocenters. The monoisotopic (exact) mass is 500 g/mol. The Hall–Kier alpha value is -0.0831. The maximum Gasteiger partial charge on any atom is 0.192 e. The third kappa shape index (κ3) is 5.15. The van der Waals surface area contributed by atoms with Gasteiger partial charge in [0.15, 0.2) is 8.32 Å². The van der Waals surface area contributed by atoms with Gasteiger partial charge in [-0.1, -0.05) is 86.3 Å². The predicted molar refractivity (Wildman–Crippen MR) is 155 cm³/mol. The first-order valence-electron chi connectivity index (χ1n) is 15.6. The van der Waals surface area contributed by atoms with Crippen LogP contribution in [0.25, 0.3) is 0 Å². The van der Waals surface area contributed by atoms with E-state index in [4.69, 9.17) is 4.43 Å².